The van der Waals surface area contributed by atoms with Crippen LogP contribution in [0.3, 0.4) is 0 Å². The van der Waals surface area contributed by atoms with Crippen LogP contribution < -0.4 is 5.73 Å². The lowest BCUT2D eigenvalue weighted by atomic mass is 9.80. The zero-order valence-corrected chi connectivity index (χ0v) is 12.5. The van der Waals surface area contributed by atoms with Crippen LogP contribution in [0, 0.1) is 11.7 Å². The third kappa shape index (κ3) is 4.57. The molecule has 0 aliphatic heterocycles. The van der Waals surface area contributed by atoms with E-state index in [0.717, 1.165) is 25.0 Å². The van der Waals surface area contributed by atoms with Crippen LogP contribution in [-0.4, -0.2) is 4.98 Å². The highest BCUT2D eigenvalue weighted by molar-refractivity contribution is 5.15. The molecule has 0 bridgehead atoms. The van der Waals surface area contributed by atoms with Crippen LogP contribution in [0.5, 0.6) is 0 Å². The van der Waals surface area contributed by atoms with Crippen LogP contribution in [0.4, 0.5) is 4.39 Å². The summed E-state index contributed by atoms with van der Waals surface area (Å²) in [7, 11) is 0. The SMILES string of the molecule is CCCCC(CC)CC(N)(CC)c1ccc(F)cn1. The van der Waals surface area contributed by atoms with Gasteiger partial charge >= 0.3 is 0 Å². The van der Waals surface area contributed by atoms with Gasteiger partial charge in [0.15, 0.2) is 0 Å². The number of aromatic nitrogens is 1. The maximum atomic E-state index is 13.0. The molecule has 1 aromatic rings. The molecule has 0 saturated carbocycles. The number of rotatable bonds is 8. The molecule has 108 valence electrons. The van der Waals surface area contributed by atoms with Gasteiger partial charge in [-0.1, -0.05) is 46.5 Å². The van der Waals surface area contributed by atoms with Gasteiger partial charge in [0.25, 0.3) is 0 Å². The normalized spacial score (nSPS) is 16.1. The number of hydrogen-bond donors (Lipinski definition) is 1. The van der Waals surface area contributed by atoms with Crippen molar-refractivity contribution in [2.24, 2.45) is 11.7 Å². The lowest BCUT2D eigenvalue weighted by Gasteiger charge is -2.31. The van der Waals surface area contributed by atoms with Crippen LogP contribution in [0.1, 0.15) is 65.0 Å². The first-order valence-electron chi connectivity index (χ1n) is 7.46. The highest BCUT2D eigenvalue weighted by atomic mass is 19.1. The minimum atomic E-state index is -0.428. The van der Waals surface area contributed by atoms with Crippen molar-refractivity contribution < 1.29 is 4.39 Å². The molecule has 2 atom stereocenters. The monoisotopic (exact) mass is 266 g/mol. The third-order valence-corrected chi connectivity index (χ3v) is 4.06. The number of unbranched alkanes of at least 4 members (excludes halogenated alkanes) is 1. The number of nitrogens with two attached hydrogens (primary N) is 1. The molecule has 19 heavy (non-hydrogen) atoms. The maximum absolute atomic E-state index is 13.0. The fourth-order valence-electron chi connectivity index (χ4n) is 2.56. The van der Waals surface area contributed by atoms with Crippen molar-refractivity contribution in [1.82, 2.24) is 4.98 Å². The molecule has 1 heterocycles. The smallest absolute Gasteiger partial charge is 0.141 e. The molecule has 0 aliphatic rings. The molecule has 0 aliphatic carbocycles. The van der Waals surface area contributed by atoms with Crippen molar-refractivity contribution in [3.63, 3.8) is 0 Å². The second-order valence-electron chi connectivity index (χ2n) is 5.49. The van der Waals surface area contributed by atoms with Crippen LogP contribution in [0.2, 0.25) is 0 Å². The lowest BCUT2D eigenvalue weighted by molar-refractivity contribution is 0.282. The van der Waals surface area contributed by atoms with Crippen molar-refractivity contribution >= 4 is 0 Å². The first kappa shape index (κ1) is 16.1. The molecule has 0 amide bonds. The Balaban J connectivity index is 2.81. The van der Waals surface area contributed by atoms with Gasteiger partial charge in [-0.05, 0) is 30.9 Å². The van der Waals surface area contributed by atoms with Crippen molar-refractivity contribution in [2.45, 2.75) is 64.8 Å². The van der Waals surface area contributed by atoms with Gasteiger partial charge in [-0.25, -0.2) is 4.39 Å². The summed E-state index contributed by atoms with van der Waals surface area (Å²) in [6.45, 7) is 6.51. The molecule has 1 aromatic heterocycles. The van der Waals surface area contributed by atoms with Crippen molar-refractivity contribution in [3.05, 3.63) is 29.8 Å². The van der Waals surface area contributed by atoms with E-state index in [9.17, 15) is 4.39 Å². The van der Waals surface area contributed by atoms with Gasteiger partial charge in [0.1, 0.15) is 5.82 Å². The summed E-state index contributed by atoms with van der Waals surface area (Å²) in [4.78, 5) is 4.19. The molecular formula is C16H27FN2. The van der Waals surface area contributed by atoms with Gasteiger partial charge in [-0.2, -0.15) is 0 Å². The first-order chi connectivity index (χ1) is 9.05. The van der Waals surface area contributed by atoms with Gasteiger partial charge in [0.2, 0.25) is 0 Å². The predicted octanol–water partition coefficient (Wildman–Crippen LogP) is 4.39. The standard InChI is InChI=1S/C16H27FN2/c1-4-7-8-13(5-2)11-16(18,6-3)15-10-9-14(17)12-19-15/h9-10,12-13H,4-8,11,18H2,1-3H3. The molecule has 0 aromatic carbocycles. The summed E-state index contributed by atoms with van der Waals surface area (Å²) >= 11 is 0. The molecule has 2 N–H and O–H groups in total. The highest BCUT2D eigenvalue weighted by Crippen LogP contribution is 2.31. The third-order valence-electron chi connectivity index (χ3n) is 4.06. The van der Waals surface area contributed by atoms with Gasteiger partial charge in [-0.3, -0.25) is 4.98 Å². The Labute approximate surface area is 116 Å². The fourth-order valence-corrected chi connectivity index (χ4v) is 2.56. The van der Waals surface area contributed by atoms with E-state index >= 15 is 0 Å². The molecule has 1 rings (SSSR count). The van der Waals surface area contributed by atoms with Gasteiger partial charge in [0.05, 0.1) is 17.4 Å². The summed E-state index contributed by atoms with van der Waals surface area (Å²) < 4.78 is 13.0. The predicted molar refractivity (Wildman–Crippen MR) is 78.3 cm³/mol. The Morgan fingerprint density at radius 2 is 2.05 bits per heavy atom. The van der Waals surface area contributed by atoms with E-state index in [1.54, 1.807) is 6.07 Å². The molecule has 2 unspecified atom stereocenters. The topological polar surface area (TPSA) is 38.9 Å². The van der Waals surface area contributed by atoms with Crippen molar-refractivity contribution in [3.8, 4) is 0 Å². The zero-order chi connectivity index (χ0) is 14.3. The molecule has 3 heteroatoms. The highest BCUT2D eigenvalue weighted by Gasteiger charge is 2.29. The van der Waals surface area contributed by atoms with E-state index in [2.05, 4.69) is 25.8 Å². The second kappa shape index (κ2) is 7.59. The second-order valence-corrected chi connectivity index (χ2v) is 5.49. The van der Waals surface area contributed by atoms with Crippen molar-refractivity contribution in [2.75, 3.05) is 0 Å². The maximum Gasteiger partial charge on any atom is 0.141 e. The summed E-state index contributed by atoms with van der Waals surface area (Å²) in [6, 6.07) is 3.18. The van der Waals surface area contributed by atoms with E-state index in [0.29, 0.717) is 5.92 Å². The van der Waals surface area contributed by atoms with Crippen LogP contribution in [-0.2, 0) is 5.54 Å². The van der Waals surface area contributed by atoms with Gasteiger partial charge in [0, 0.05) is 0 Å². The van der Waals surface area contributed by atoms with Crippen molar-refractivity contribution in [1.29, 1.82) is 0 Å². The Kier molecular flexibility index (Phi) is 6.43. The summed E-state index contributed by atoms with van der Waals surface area (Å²) in [5, 5.41) is 0. The number of nitrogens with zero attached hydrogens (tertiary/aromatic N) is 1. The van der Waals surface area contributed by atoms with E-state index in [4.69, 9.17) is 5.73 Å². The number of halogens is 1. The molecule has 0 radical (unpaired) electrons. The average Bonchev–Trinajstić information content (AvgIpc) is 2.43. The van der Waals surface area contributed by atoms with Gasteiger partial charge in [-0.15, -0.1) is 0 Å². The number of hydrogen-bond acceptors (Lipinski definition) is 2. The Hall–Kier alpha value is -0.960. The summed E-state index contributed by atoms with van der Waals surface area (Å²) in [6.07, 6.45) is 7.84. The summed E-state index contributed by atoms with van der Waals surface area (Å²) in [5.41, 5.74) is 6.91. The minimum absolute atomic E-state index is 0.305. The zero-order valence-electron chi connectivity index (χ0n) is 12.5. The quantitative estimate of drug-likeness (QED) is 0.758. The Morgan fingerprint density at radius 1 is 1.32 bits per heavy atom. The van der Waals surface area contributed by atoms with E-state index in [1.807, 2.05) is 0 Å². The molecule has 0 saturated heterocycles. The van der Waals surface area contributed by atoms with Crippen LogP contribution in [0.25, 0.3) is 0 Å². The van der Waals surface area contributed by atoms with E-state index < -0.39 is 5.54 Å². The number of pyridine rings is 1. The Morgan fingerprint density at radius 3 is 2.53 bits per heavy atom. The van der Waals surface area contributed by atoms with Crippen LogP contribution in [0.15, 0.2) is 18.3 Å². The lowest BCUT2D eigenvalue weighted by Crippen LogP contribution is -2.39. The minimum Gasteiger partial charge on any atom is -0.320 e. The molecule has 0 spiro atoms. The average molecular weight is 266 g/mol. The molecular weight excluding hydrogens is 239 g/mol. The van der Waals surface area contributed by atoms with E-state index in [-0.39, 0.29) is 5.82 Å². The Bertz CT molecular complexity index is 364. The fraction of sp³-hybridized carbons (Fsp3) is 0.688. The molecule has 2 nitrogen and oxygen atoms in total. The summed E-state index contributed by atoms with van der Waals surface area (Å²) in [5.74, 6) is 0.317. The molecule has 0 fully saturated rings. The first-order valence-corrected chi connectivity index (χ1v) is 7.46. The van der Waals surface area contributed by atoms with E-state index in [1.165, 1.54) is 31.5 Å². The van der Waals surface area contributed by atoms with Crippen LogP contribution >= 0.6 is 0 Å². The van der Waals surface area contributed by atoms with Gasteiger partial charge < -0.3 is 5.73 Å². The largest absolute Gasteiger partial charge is 0.320 e.